The maximum atomic E-state index is 5.92. The van der Waals surface area contributed by atoms with Gasteiger partial charge in [-0.3, -0.25) is 4.57 Å². The lowest BCUT2D eigenvalue weighted by Crippen LogP contribution is -2.08. The molecule has 0 aromatic carbocycles. The number of ether oxygens (including phenoxy) is 1. The van der Waals surface area contributed by atoms with Gasteiger partial charge in [0.2, 0.25) is 5.95 Å². The van der Waals surface area contributed by atoms with Gasteiger partial charge in [-0.1, -0.05) is 13.8 Å². The Morgan fingerprint density at radius 1 is 1.47 bits per heavy atom. The number of nitrogen functional groups attached to an aromatic ring is 1. The van der Waals surface area contributed by atoms with Gasteiger partial charge in [0, 0.05) is 30.4 Å². The van der Waals surface area contributed by atoms with Gasteiger partial charge in [0.25, 0.3) is 0 Å². The van der Waals surface area contributed by atoms with Gasteiger partial charge in [0.1, 0.15) is 5.52 Å². The Morgan fingerprint density at radius 2 is 2.26 bits per heavy atom. The molecule has 0 aliphatic heterocycles. The first-order valence-corrected chi connectivity index (χ1v) is 7.22. The van der Waals surface area contributed by atoms with E-state index in [0.29, 0.717) is 11.9 Å². The number of nitrogens with zero attached hydrogens (tertiary/aromatic N) is 3. The van der Waals surface area contributed by atoms with Gasteiger partial charge >= 0.3 is 0 Å². The summed E-state index contributed by atoms with van der Waals surface area (Å²) >= 11 is 3.38. The monoisotopic (exact) mass is 326 g/mol. The van der Waals surface area contributed by atoms with Gasteiger partial charge in [-0.05, 0) is 34.3 Å². The van der Waals surface area contributed by atoms with Crippen LogP contribution in [0.3, 0.4) is 0 Å². The highest BCUT2D eigenvalue weighted by atomic mass is 79.9. The summed E-state index contributed by atoms with van der Waals surface area (Å²) in [4.78, 5) is 8.67. The first kappa shape index (κ1) is 14.3. The highest BCUT2D eigenvalue weighted by Crippen LogP contribution is 2.19. The second-order valence-electron chi connectivity index (χ2n) is 4.94. The Hall–Kier alpha value is -1.14. The summed E-state index contributed by atoms with van der Waals surface area (Å²) in [5.41, 5.74) is 7.56. The molecule has 0 saturated carbocycles. The number of hydrogen-bond donors (Lipinski definition) is 1. The van der Waals surface area contributed by atoms with Gasteiger partial charge in [0.05, 0.1) is 0 Å². The van der Waals surface area contributed by atoms with E-state index in [1.165, 1.54) is 0 Å². The summed E-state index contributed by atoms with van der Waals surface area (Å²) in [6.07, 6.45) is 2.66. The van der Waals surface area contributed by atoms with E-state index in [1.807, 2.05) is 10.6 Å². The Kier molecular flexibility index (Phi) is 4.76. The number of pyridine rings is 1. The Morgan fingerprint density at radius 3 is 3.00 bits per heavy atom. The lowest BCUT2D eigenvalue weighted by Gasteiger charge is -2.08. The highest BCUT2D eigenvalue weighted by molar-refractivity contribution is 9.10. The van der Waals surface area contributed by atoms with E-state index in [-0.39, 0.29) is 0 Å². The van der Waals surface area contributed by atoms with Crippen LogP contribution in [0.15, 0.2) is 16.7 Å². The van der Waals surface area contributed by atoms with Crippen LogP contribution in [0, 0.1) is 5.92 Å². The molecule has 0 aliphatic carbocycles. The van der Waals surface area contributed by atoms with Crippen molar-refractivity contribution in [3.05, 3.63) is 16.7 Å². The van der Waals surface area contributed by atoms with E-state index in [4.69, 9.17) is 10.5 Å². The second kappa shape index (κ2) is 6.34. The summed E-state index contributed by atoms with van der Waals surface area (Å²) in [5.74, 6) is 1.07. The summed E-state index contributed by atoms with van der Waals surface area (Å²) in [6.45, 7) is 6.58. The molecule has 0 fully saturated rings. The van der Waals surface area contributed by atoms with Gasteiger partial charge in [0.15, 0.2) is 5.65 Å². The third-order valence-electron chi connectivity index (χ3n) is 2.70. The average molecular weight is 327 g/mol. The third-order valence-corrected chi connectivity index (χ3v) is 3.14. The number of aromatic nitrogens is 3. The molecule has 6 heteroatoms. The minimum Gasteiger partial charge on any atom is -0.381 e. The average Bonchev–Trinajstić information content (AvgIpc) is 2.64. The molecule has 0 radical (unpaired) electrons. The van der Waals surface area contributed by atoms with E-state index in [2.05, 4.69) is 39.7 Å². The summed E-state index contributed by atoms with van der Waals surface area (Å²) in [5, 5.41) is 0. The summed E-state index contributed by atoms with van der Waals surface area (Å²) in [7, 11) is 0. The highest BCUT2D eigenvalue weighted by Gasteiger charge is 2.09. The molecule has 2 aromatic heterocycles. The fraction of sp³-hybridized carbons (Fsp3) is 0.538. The van der Waals surface area contributed by atoms with Gasteiger partial charge in [-0.25, -0.2) is 9.97 Å². The second-order valence-corrected chi connectivity index (χ2v) is 5.86. The lowest BCUT2D eigenvalue weighted by molar-refractivity contribution is 0.105. The molecule has 5 nitrogen and oxygen atoms in total. The lowest BCUT2D eigenvalue weighted by atomic mass is 10.2. The normalized spacial score (nSPS) is 11.6. The molecular formula is C13H19BrN4O. The zero-order valence-corrected chi connectivity index (χ0v) is 12.9. The van der Waals surface area contributed by atoms with Crippen LogP contribution in [-0.2, 0) is 11.3 Å². The molecule has 2 rings (SSSR count). The van der Waals surface area contributed by atoms with Crippen molar-refractivity contribution in [1.29, 1.82) is 0 Å². The number of fused-ring (bicyclic) bond motifs is 1. The Balaban J connectivity index is 1.98. The number of aryl methyl sites for hydroxylation is 1. The number of hydrogen-bond acceptors (Lipinski definition) is 4. The standard InChI is InChI=1S/C13H19BrN4O/c1-9(2)8-19-5-3-4-18-12-11(17-13(18)15)6-10(14)7-16-12/h6-7,9H,3-5,8H2,1-2H3,(H2,15,17). The van der Waals surface area contributed by atoms with Crippen LogP contribution >= 0.6 is 15.9 Å². The molecule has 19 heavy (non-hydrogen) atoms. The molecule has 2 N–H and O–H groups in total. The first-order valence-electron chi connectivity index (χ1n) is 6.43. The van der Waals surface area contributed by atoms with Crippen LogP contribution in [0.25, 0.3) is 11.2 Å². The van der Waals surface area contributed by atoms with Crippen molar-refractivity contribution >= 4 is 33.0 Å². The van der Waals surface area contributed by atoms with Crippen molar-refractivity contribution in [1.82, 2.24) is 14.5 Å². The third kappa shape index (κ3) is 3.67. The van der Waals surface area contributed by atoms with Crippen molar-refractivity contribution in [2.24, 2.45) is 5.92 Å². The van der Waals surface area contributed by atoms with Crippen LogP contribution < -0.4 is 5.73 Å². The SMILES string of the molecule is CC(C)COCCCn1c(N)nc2cc(Br)cnc21. The number of nitrogens with two attached hydrogens (primary N) is 1. The molecule has 0 amide bonds. The van der Waals surface area contributed by atoms with Crippen LogP contribution in [0.1, 0.15) is 20.3 Å². The molecular weight excluding hydrogens is 308 g/mol. The zero-order chi connectivity index (χ0) is 13.8. The summed E-state index contributed by atoms with van der Waals surface area (Å²) in [6, 6.07) is 1.92. The van der Waals surface area contributed by atoms with Crippen molar-refractivity contribution in [3.8, 4) is 0 Å². The Bertz CT molecular complexity index is 553. The van der Waals surface area contributed by atoms with E-state index < -0.39 is 0 Å². The molecule has 104 valence electrons. The molecule has 0 atom stereocenters. The molecule has 0 unspecified atom stereocenters. The van der Waals surface area contributed by atoms with Crippen LogP contribution in [-0.4, -0.2) is 27.7 Å². The number of anilines is 1. The minimum absolute atomic E-state index is 0.504. The van der Waals surface area contributed by atoms with Crippen LogP contribution in [0.5, 0.6) is 0 Å². The molecule has 0 saturated heterocycles. The maximum Gasteiger partial charge on any atom is 0.202 e. The Labute approximate surface area is 121 Å². The van der Waals surface area contributed by atoms with E-state index in [0.717, 1.165) is 41.8 Å². The minimum atomic E-state index is 0.504. The topological polar surface area (TPSA) is 66.0 Å². The zero-order valence-electron chi connectivity index (χ0n) is 11.3. The predicted octanol–water partition coefficient (Wildman–Crippen LogP) is 2.84. The van der Waals surface area contributed by atoms with Gasteiger partial charge in [-0.2, -0.15) is 0 Å². The molecule has 2 heterocycles. The number of rotatable bonds is 6. The molecule has 2 aromatic rings. The largest absolute Gasteiger partial charge is 0.381 e. The number of imidazole rings is 1. The predicted molar refractivity (Wildman–Crippen MR) is 79.9 cm³/mol. The van der Waals surface area contributed by atoms with E-state index in [1.54, 1.807) is 6.20 Å². The fourth-order valence-electron chi connectivity index (χ4n) is 1.87. The van der Waals surface area contributed by atoms with Crippen LogP contribution in [0.2, 0.25) is 0 Å². The molecule has 0 bridgehead atoms. The maximum absolute atomic E-state index is 5.92. The van der Waals surface area contributed by atoms with Crippen molar-refractivity contribution < 1.29 is 4.74 Å². The molecule has 0 aliphatic rings. The van der Waals surface area contributed by atoms with E-state index in [9.17, 15) is 0 Å². The van der Waals surface area contributed by atoms with Crippen LogP contribution in [0.4, 0.5) is 5.95 Å². The van der Waals surface area contributed by atoms with Crippen molar-refractivity contribution in [2.45, 2.75) is 26.8 Å². The first-order chi connectivity index (χ1) is 9.08. The fourth-order valence-corrected chi connectivity index (χ4v) is 2.19. The quantitative estimate of drug-likeness (QED) is 0.829. The smallest absolute Gasteiger partial charge is 0.202 e. The van der Waals surface area contributed by atoms with Crippen molar-refractivity contribution in [2.75, 3.05) is 18.9 Å². The summed E-state index contributed by atoms with van der Waals surface area (Å²) < 4.78 is 8.40. The molecule has 0 spiro atoms. The van der Waals surface area contributed by atoms with Gasteiger partial charge < -0.3 is 10.5 Å². The van der Waals surface area contributed by atoms with E-state index >= 15 is 0 Å². The number of halogens is 1. The van der Waals surface area contributed by atoms with Crippen molar-refractivity contribution in [3.63, 3.8) is 0 Å². The van der Waals surface area contributed by atoms with Gasteiger partial charge in [-0.15, -0.1) is 0 Å².